The molecule has 55 nitrogen and oxygen atoms in total. The Labute approximate surface area is 708 Å². The predicted molar refractivity (Wildman–Crippen MR) is 386 cm³/mol. The zero-order valence-electron chi connectivity index (χ0n) is 67.7. The SMILES string of the molecule is CC(=O)N[C@@H]1[C@H](O[C@H]2[C@H](O[C@H]3O[C@H](CO)[C@@H](O)[C@H](O)[C@@H]3O[C@@H]3O[C@H](CO)[C@@H](O[C@@H]4O[C@H](CO)[C@H](O)[C@H](O)[C@H]4O)[C@H](O[C@@H]4O[C@@H](C)[C@@H](O)[C@@H](O)[C@@H]4O)[C@H]3NC(C)=O)[C@H](O)[C@H](O[C@H]3[C@H](O)[C@@H](NC(C)=O)[C@H](O[C@H]4[C@H](O)[C@@H](NC(C)=O)C(O)O[C@@H]4CO)O[C@@H]3CO)O[C@@H]2CO[C@H]2O[C@H](CO)[C@@H](O)[C@H](O)[C@@H]2O[C@@H]2O[C@H](CO)[C@@H](O)[C@H](O)[C@H]2NC(C)=O)O[C@H](CO)[C@@H](O)[C@@H]1O. The summed E-state index contributed by atoms with van der Waals surface area (Å²) in [5, 5.41) is 306. The average Bonchev–Trinajstić information content (AvgIpc) is 0.753. The summed E-state index contributed by atoms with van der Waals surface area (Å²) in [4.78, 5) is 65.1. The van der Waals surface area contributed by atoms with E-state index in [0.717, 1.165) is 34.6 Å². The molecule has 1 unspecified atom stereocenters. The first kappa shape index (κ1) is 103. The van der Waals surface area contributed by atoms with Crippen molar-refractivity contribution in [3.8, 4) is 0 Å². The second-order valence-corrected chi connectivity index (χ2v) is 31.7. The van der Waals surface area contributed by atoms with Crippen molar-refractivity contribution < 1.29 is 247 Å². The molecule has 0 aromatic rings. The highest BCUT2D eigenvalue weighted by Crippen LogP contribution is 2.42. The maximum absolute atomic E-state index is 13.7. The molecule has 10 fully saturated rings. The Morgan fingerprint density at radius 1 is 0.224 bits per heavy atom. The van der Waals surface area contributed by atoms with Crippen LogP contribution in [0.4, 0.5) is 0 Å². The Balaban J connectivity index is 1.12. The van der Waals surface area contributed by atoms with Crippen molar-refractivity contribution in [2.24, 2.45) is 0 Å². The number of ether oxygens (including phenoxy) is 19. The summed E-state index contributed by atoms with van der Waals surface area (Å²) in [5.41, 5.74) is 0. The van der Waals surface area contributed by atoms with Crippen molar-refractivity contribution in [3.63, 3.8) is 0 Å². The third-order valence-corrected chi connectivity index (χ3v) is 22.8. The van der Waals surface area contributed by atoms with Gasteiger partial charge in [0, 0.05) is 34.6 Å². The number of amides is 5. The Morgan fingerprint density at radius 3 is 0.952 bits per heavy atom. The van der Waals surface area contributed by atoms with E-state index in [2.05, 4.69) is 26.6 Å². The van der Waals surface area contributed by atoms with E-state index in [0.29, 0.717) is 0 Å². The number of carbonyl (C=O) groups excluding carboxylic acids is 5. The van der Waals surface area contributed by atoms with E-state index in [1.165, 1.54) is 6.92 Å². The molecule has 0 aliphatic carbocycles. The highest BCUT2D eigenvalue weighted by Gasteiger charge is 2.63. The molecule has 10 saturated heterocycles. The summed E-state index contributed by atoms with van der Waals surface area (Å²) in [6.45, 7) is -4.84. The van der Waals surface area contributed by atoms with Crippen LogP contribution in [-0.2, 0) is 114 Å². The number of nitrogens with one attached hydrogen (secondary N) is 5. The van der Waals surface area contributed by atoms with Crippen molar-refractivity contribution in [1.29, 1.82) is 0 Å². The van der Waals surface area contributed by atoms with E-state index in [1.54, 1.807) is 0 Å². The van der Waals surface area contributed by atoms with Crippen LogP contribution < -0.4 is 26.6 Å². The molecule has 50 atom stereocenters. The summed E-state index contributed by atoms with van der Waals surface area (Å²) < 4.78 is 117. The molecule has 55 heteroatoms. The van der Waals surface area contributed by atoms with Gasteiger partial charge in [0.25, 0.3) is 0 Å². The number of carbonyl (C=O) groups is 5. The van der Waals surface area contributed by atoms with Gasteiger partial charge in [-0.05, 0) is 6.92 Å². The van der Waals surface area contributed by atoms with Crippen LogP contribution in [0.2, 0.25) is 0 Å². The predicted octanol–water partition coefficient (Wildman–Crippen LogP) is -21.1. The summed E-state index contributed by atoms with van der Waals surface area (Å²) in [5.74, 6) is -4.79. The van der Waals surface area contributed by atoms with Crippen LogP contribution >= 0.6 is 0 Å². The lowest BCUT2D eigenvalue weighted by Gasteiger charge is -2.53. The van der Waals surface area contributed by atoms with E-state index < -0.39 is 396 Å². The van der Waals surface area contributed by atoms with Gasteiger partial charge in [-0.2, -0.15) is 0 Å². The molecule has 0 bridgehead atoms. The lowest BCUT2D eigenvalue weighted by Crippen LogP contribution is -2.72. The van der Waals surface area contributed by atoms with Crippen LogP contribution in [0.3, 0.4) is 0 Å². The van der Waals surface area contributed by atoms with Crippen LogP contribution in [-0.4, -0.2) is 529 Å². The normalized spacial score (nSPS) is 48.7. The van der Waals surface area contributed by atoms with Crippen LogP contribution in [0.1, 0.15) is 41.5 Å². The van der Waals surface area contributed by atoms with E-state index in [1.807, 2.05) is 0 Å². The minimum Gasteiger partial charge on any atom is -0.394 e. The van der Waals surface area contributed by atoms with E-state index >= 15 is 0 Å². The molecule has 0 spiro atoms. The number of aliphatic hydroxyl groups excluding tert-OH is 26. The lowest BCUT2D eigenvalue weighted by molar-refractivity contribution is -0.411. The second-order valence-electron chi connectivity index (χ2n) is 31.7. The van der Waals surface area contributed by atoms with Gasteiger partial charge in [0.05, 0.1) is 65.6 Å². The summed E-state index contributed by atoms with van der Waals surface area (Å²) in [7, 11) is 0. The van der Waals surface area contributed by atoms with Crippen molar-refractivity contribution in [1.82, 2.24) is 26.6 Å². The van der Waals surface area contributed by atoms with E-state index in [4.69, 9.17) is 90.0 Å². The van der Waals surface area contributed by atoms with Gasteiger partial charge >= 0.3 is 0 Å². The smallest absolute Gasteiger partial charge is 0.217 e. The zero-order valence-corrected chi connectivity index (χ0v) is 67.7. The molecule has 10 aliphatic heterocycles. The zero-order chi connectivity index (χ0) is 92.1. The average molecular weight is 1830 g/mol. The fourth-order valence-corrected chi connectivity index (χ4v) is 16.3. The fraction of sp³-hybridized carbons (Fsp3) is 0.929. The minimum atomic E-state index is -2.79. The van der Waals surface area contributed by atoms with Gasteiger partial charge in [0.2, 0.25) is 29.5 Å². The Morgan fingerprint density at radius 2 is 0.496 bits per heavy atom. The van der Waals surface area contributed by atoms with E-state index in [9.17, 15) is 157 Å². The maximum atomic E-state index is 13.7. The number of rotatable bonds is 32. The molecular formula is C70H117N5O50. The highest BCUT2D eigenvalue weighted by atomic mass is 16.8. The molecule has 10 heterocycles. The quantitative estimate of drug-likeness (QED) is 0.0297. The Hall–Kier alpha value is -4.45. The third-order valence-electron chi connectivity index (χ3n) is 22.8. The molecule has 722 valence electrons. The third kappa shape index (κ3) is 22.9. The summed E-state index contributed by atoms with van der Waals surface area (Å²) >= 11 is 0. The van der Waals surface area contributed by atoms with Gasteiger partial charge < -0.3 is 249 Å². The molecule has 0 radical (unpaired) electrons. The topological polar surface area (TPSA) is 847 Å². The van der Waals surface area contributed by atoms with Crippen molar-refractivity contribution in [2.45, 2.75) is 348 Å². The highest BCUT2D eigenvalue weighted by molar-refractivity contribution is 5.75. The van der Waals surface area contributed by atoms with Gasteiger partial charge in [-0.3, -0.25) is 24.0 Å². The van der Waals surface area contributed by atoms with Gasteiger partial charge in [-0.15, -0.1) is 0 Å². The van der Waals surface area contributed by atoms with Crippen LogP contribution in [0.25, 0.3) is 0 Å². The number of hydrogen-bond acceptors (Lipinski definition) is 50. The van der Waals surface area contributed by atoms with Crippen LogP contribution in [0.15, 0.2) is 0 Å². The van der Waals surface area contributed by atoms with Gasteiger partial charge in [0.15, 0.2) is 62.9 Å². The molecule has 10 rings (SSSR count). The van der Waals surface area contributed by atoms with Gasteiger partial charge in [0.1, 0.15) is 238 Å². The van der Waals surface area contributed by atoms with E-state index in [-0.39, 0.29) is 0 Å². The monoisotopic (exact) mass is 1830 g/mol. The number of hydrogen-bond donors (Lipinski definition) is 31. The maximum Gasteiger partial charge on any atom is 0.217 e. The lowest BCUT2D eigenvalue weighted by atomic mass is 9.93. The Bertz CT molecular complexity index is 3420. The minimum absolute atomic E-state index is 0.821. The van der Waals surface area contributed by atoms with Gasteiger partial charge in [-0.25, -0.2) is 0 Å². The van der Waals surface area contributed by atoms with Gasteiger partial charge in [-0.1, -0.05) is 0 Å². The molecule has 10 aliphatic rings. The van der Waals surface area contributed by atoms with Crippen molar-refractivity contribution >= 4 is 29.5 Å². The van der Waals surface area contributed by atoms with Crippen LogP contribution in [0.5, 0.6) is 0 Å². The van der Waals surface area contributed by atoms with Crippen molar-refractivity contribution in [3.05, 3.63) is 0 Å². The Kier molecular flexibility index (Phi) is 36.8. The molecule has 0 aromatic carbocycles. The molecular weight excluding hydrogens is 1710 g/mol. The summed E-state index contributed by atoms with van der Waals surface area (Å²) in [6, 6.07) is -9.74. The molecule has 0 aromatic heterocycles. The summed E-state index contributed by atoms with van der Waals surface area (Å²) in [6.07, 6.45) is -97.9. The van der Waals surface area contributed by atoms with Crippen molar-refractivity contribution in [2.75, 3.05) is 59.5 Å². The first-order valence-corrected chi connectivity index (χ1v) is 40.0. The first-order valence-electron chi connectivity index (χ1n) is 40.0. The fourth-order valence-electron chi connectivity index (χ4n) is 16.3. The molecule has 5 amide bonds. The first-order chi connectivity index (χ1) is 59.1. The van der Waals surface area contributed by atoms with Crippen LogP contribution in [0, 0.1) is 0 Å². The standard InChI is InChI=1S/C70H117N5O50/c1-16-36(89)46(99)50(103)66(108-16)122-57-35(75-21(6)88)65(116-29(14-83)55(57)121-67-51(104)47(100)39(92)24(9-78)112-67)125-60-49(102)41(94)26(11-80)114-70(60)123-58-52(105)68(119-54-28(13-82)115-64(34(45(54)98)74-20(5)87)118-53-27(12-81)109-61(106)31(44(53)97)71-17(2)84)117-30(56(58)120-62-32(72-18(3)85)42(95)37(90)22(7-76)110-62)15-107-69-59(48(101)40(93)25(10-79)113-69)124-63-33(73-19(4)86)43(96)38(91)23(8-77)111-63/h16,22-70,76-83,89-106H,7-15H2,1-6H3,(H,71,84)(H,72,85)(H,73,86)(H,74,87)(H,75,88)/t16-,22+,23+,24+,25+,26+,27+,28+,29+,30+,31+,32-,33+,34+,35+,36+,37+,38+,39-,40+,41+,42+,43+,44+,45+,46+,47-,48-,49-,50-,51+,52-,53+,54+,55+,56+,57+,58+,59-,60-,61?,62-,63-,64-,65-,66-,67-,68-,69-,70+/m0/s1. The molecule has 125 heavy (non-hydrogen) atoms. The largest absolute Gasteiger partial charge is 0.394 e. The molecule has 31 N–H and O–H groups in total. The second kappa shape index (κ2) is 44.9. The number of aliphatic hydroxyl groups is 26. The molecule has 0 saturated carbocycles.